The van der Waals surface area contributed by atoms with Crippen molar-refractivity contribution in [2.45, 2.75) is 0 Å². The van der Waals surface area contributed by atoms with Gasteiger partial charge < -0.3 is 0 Å². The molecular formula is C46H28N2. The summed E-state index contributed by atoms with van der Waals surface area (Å²) < 4.78 is 0. The molecule has 2 heteroatoms. The van der Waals surface area contributed by atoms with Gasteiger partial charge in [-0.15, -0.1) is 0 Å². The molecule has 222 valence electrons. The van der Waals surface area contributed by atoms with E-state index in [0.29, 0.717) is 0 Å². The summed E-state index contributed by atoms with van der Waals surface area (Å²) in [4.78, 5) is 10.0. The predicted molar refractivity (Wildman–Crippen MR) is 203 cm³/mol. The van der Waals surface area contributed by atoms with Gasteiger partial charge in [0.25, 0.3) is 0 Å². The van der Waals surface area contributed by atoms with E-state index >= 15 is 0 Å². The normalized spacial score (nSPS) is 11.8. The summed E-state index contributed by atoms with van der Waals surface area (Å²) in [5.41, 5.74) is 9.04. The average molecular weight is 609 g/mol. The van der Waals surface area contributed by atoms with Gasteiger partial charge in [-0.2, -0.15) is 0 Å². The number of nitrogens with zero attached hydrogens (tertiary/aromatic N) is 2. The minimum Gasteiger partial charge on any atom is -0.256 e. The van der Waals surface area contributed by atoms with Crippen LogP contribution in [0.5, 0.6) is 0 Å². The highest BCUT2D eigenvalue weighted by atomic mass is 14.7. The van der Waals surface area contributed by atoms with Crippen LogP contribution in [0.3, 0.4) is 0 Å². The van der Waals surface area contributed by atoms with E-state index in [0.717, 1.165) is 43.8 Å². The Balaban J connectivity index is 1.21. The van der Waals surface area contributed by atoms with Gasteiger partial charge in [0.1, 0.15) is 0 Å². The van der Waals surface area contributed by atoms with E-state index in [2.05, 4.69) is 158 Å². The molecule has 8 aromatic carbocycles. The van der Waals surface area contributed by atoms with Crippen LogP contribution in [-0.2, 0) is 0 Å². The van der Waals surface area contributed by atoms with Crippen LogP contribution in [0.15, 0.2) is 170 Å². The molecule has 0 aliphatic heterocycles. The first kappa shape index (κ1) is 26.8. The first-order valence-electron chi connectivity index (χ1n) is 16.4. The maximum Gasteiger partial charge on any atom is 0.0788 e. The number of rotatable bonds is 3. The van der Waals surface area contributed by atoms with Crippen molar-refractivity contribution in [3.8, 4) is 33.5 Å². The van der Waals surface area contributed by atoms with Crippen molar-refractivity contribution in [1.29, 1.82) is 0 Å². The summed E-state index contributed by atoms with van der Waals surface area (Å²) in [5, 5.41) is 12.1. The van der Waals surface area contributed by atoms with Crippen molar-refractivity contribution in [2.75, 3.05) is 0 Å². The molecule has 0 aliphatic rings. The smallest absolute Gasteiger partial charge is 0.0788 e. The summed E-state index contributed by atoms with van der Waals surface area (Å²) in [6.45, 7) is 0. The van der Waals surface area contributed by atoms with Crippen LogP contribution >= 0.6 is 0 Å². The lowest BCUT2D eigenvalue weighted by Gasteiger charge is -2.19. The van der Waals surface area contributed by atoms with Gasteiger partial charge in [-0.3, -0.25) is 4.98 Å². The topological polar surface area (TPSA) is 25.8 Å². The molecule has 0 fully saturated rings. The second-order valence-corrected chi connectivity index (χ2v) is 12.5. The third-order valence-corrected chi connectivity index (χ3v) is 9.87. The number of aromatic nitrogens is 2. The summed E-state index contributed by atoms with van der Waals surface area (Å²) >= 11 is 0. The first-order valence-corrected chi connectivity index (χ1v) is 16.4. The van der Waals surface area contributed by atoms with Crippen LogP contribution in [-0.4, -0.2) is 9.97 Å². The molecule has 0 radical (unpaired) electrons. The highest BCUT2D eigenvalue weighted by Crippen LogP contribution is 2.45. The molecule has 0 saturated heterocycles. The van der Waals surface area contributed by atoms with E-state index in [4.69, 9.17) is 9.97 Å². The van der Waals surface area contributed by atoms with Gasteiger partial charge in [-0.1, -0.05) is 152 Å². The minimum atomic E-state index is 0.975. The Morgan fingerprint density at radius 3 is 1.69 bits per heavy atom. The van der Waals surface area contributed by atoms with Crippen LogP contribution in [0.2, 0.25) is 0 Å². The van der Waals surface area contributed by atoms with E-state index in [-0.39, 0.29) is 0 Å². The van der Waals surface area contributed by atoms with Crippen LogP contribution < -0.4 is 0 Å². The quantitative estimate of drug-likeness (QED) is 0.147. The summed E-state index contributed by atoms with van der Waals surface area (Å²) in [7, 11) is 0. The van der Waals surface area contributed by atoms with Gasteiger partial charge in [0.2, 0.25) is 0 Å². The molecule has 48 heavy (non-hydrogen) atoms. The molecule has 0 aliphatic carbocycles. The zero-order valence-corrected chi connectivity index (χ0v) is 26.1. The molecule has 0 N–H and O–H groups in total. The number of para-hydroxylation sites is 1. The van der Waals surface area contributed by atoms with Gasteiger partial charge in [0.15, 0.2) is 0 Å². The standard InChI is InChI=1S/C46H28N2/c1-2-14-33-29(11-1)12-9-20-34(33)43-37-17-5-3-15-35(37)42(36-16-4-6-18-38(36)43)30-22-24-32(25-23-30)45-40-27-26-31-13-10-28-47-46(31)44(40)39-19-7-8-21-41(39)48-45/h1-28H. The van der Waals surface area contributed by atoms with E-state index < -0.39 is 0 Å². The summed E-state index contributed by atoms with van der Waals surface area (Å²) in [6.07, 6.45) is 1.88. The Bertz CT molecular complexity index is 2810. The fraction of sp³-hybridized carbons (Fsp3) is 0. The molecule has 10 aromatic rings. The molecule has 2 nitrogen and oxygen atoms in total. The maximum absolute atomic E-state index is 5.22. The fourth-order valence-electron chi connectivity index (χ4n) is 7.77. The van der Waals surface area contributed by atoms with E-state index in [1.807, 2.05) is 12.3 Å². The minimum absolute atomic E-state index is 0.975. The van der Waals surface area contributed by atoms with Gasteiger partial charge in [0.05, 0.1) is 16.7 Å². The molecule has 0 bridgehead atoms. The molecule has 10 rings (SSSR count). The van der Waals surface area contributed by atoms with Crippen molar-refractivity contribution in [2.24, 2.45) is 0 Å². The lowest BCUT2D eigenvalue weighted by atomic mass is 9.84. The number of pyridine rings is 2. The molecule has 0 unspecified atom stereocenters. The van der Waals surface area contributed by atoms with Crippen LogP contribution in [0.25, 0.3) is 98.4 Å². The lowest BCUT2D eigenvalue weighted by Crippen LogP contribution is -1.93. The monoisotopic (exact) mass is 608 g/mol. The number of benzene rings is 8. The molecule has 0 saturated carbocycles. The Morgan fingerprint density at radius 1 is 0.354 bits per heavy atom. The molecule has 0 spiro atoms. The summed E-state index contributed by atoms with van der Waals surface area (Å²) in [6, 6.07) is 59.0. The fourth-order valence-corrected chi connectivity index (χ4v) is 7.77. The van der Waals surface area contributed by atoms with Crippen LogP contribution in [0, 0.1) is 0 Å². The van der Waals surface area contributed by atoms with Crippen LogP contribution in [0.4, 0.5) is 0 Å². The van der Waals surface area contributed by atoms with E-state index in [1.54, 1.807) is 0 Å². The average Bonchev–Trinajstić information content (AvgIpc) is 3.16. The molecule has 2 heterocycles. The van der Waals surface area contributed by atoms with Crippen LogP contribution in [0.1, 0.15) is 0 Å². The van der Waals surface area contributed by atoms with E-state index in [9.17, 15) is 0 Å². The molecular weight excluding hydrogens is 581 g/mol. The lowest BCUT2D eigenvalue weighted by molar-refractivity contribution is 1.41. The zero-order chi connectivity index (χ0) is 31.6. The van der Waals surface area contributed by atoms with Gasteiger partial charge in [0, 0.05) is 33.3 Å². The van der Waals surface area contributed by atoms with Crippen molar-refractivity contribution in [3.63, 3.8) is 0 Å². The number of hydrogen-bond acceptors (Lipinski definition) is 2. The van der Waals surface area contributed by atoms with Crippen molar-refractivity contribution < 1.29 is 0 Å². The highest BCUT2D eigenvalue weighted by Gasteiger charge is 2.19. The number of fused-ring (bicyclic) bond motifs is 8. The third-order valence-electron chi connectivity index (χ3n) is 9.87. The maximum atomic E-state index is 5.22. The zero-order valence-electron chi connectivity index (χ0n) is 26.1. The predicted octanol–water partition coefficient (Wildman–Crippen LogP) is 12.4. The molecule has 0 atom stereocenters. The summed E-state index contributed by atoms with van der Waals surface area (Å²) in [5.74, 6) is 0. The van der Waals surface area contributed by atoms with Gasteiger partial charge >= 0.3 is 0 Å². The SMILES string of the molecule is c1ccc2c(-c3c4ccccc4c(-c4ccc(-c5nc6ccccc6c6c5ccc5cccnc56)cc4)c4ccccc34)cccc2c1. The third kappa shape index (κ3) is 4.00. The van der Waals surface area contributed by atoms with Crippen molar-refractivity contribution in [1.82, 2.24) is 9.97 Å². The van der Waals surface area contributed by atoms with Gasteiger partial charge in [-0.05, 0) is 66.7 Å². The Kier molecular flexibility index (Phi) is 5.91. The molecule has 0 amide bonds. The first-order chi connectivity index (χ1) is 23.8. The second kappa shape index (κ2) is 10.6. The Hall–Kier alpha value is -6.38. The van der Waals surface area contributed by atoms with Crippen molar-refractivity contribution in [3.05, 3.63) is 170 Å². The Labute approximate surface area is 277 Å². The Morgan fingerprint density at radius 2 is 0.938 bits per heavy atom. The van der Waals surface area contributed by atoms with Crippen molar-refractivity contribution >= 4 is 64.9 Å². The van der Waals surface area contributed by atoms with Gasteiger partial charge in [-0.25, -0.2) is 4.98 Å². The largest absolute Gasteiger partial charge is 0.256 e. The highest BCUT2D eigenvalue weighted by molar-refractivity contribution is 6.24. The van der Waals surface area contributed by atoms with E-state index in [1.165, 1.54) is 54.6 Å². The second-order valence-electron chi connectivity index (χ2n) is 12.5. The molecule has 2 aromatic heterocycles. The number of hydrogen-bond donors (Lipinski definition) is 0.